The van der Waals surface area contributed by atoms with Gasteiger partial charge in [-0.15, -0.1) is 0 Å². The molecule has 2 amide bonds. The number of carbonyl (C=O) groups is 1. The molecule has 3 nitrogen and oxygen atoms in total. The first-order chi connectivity index (χ1) is 3.73. The summed E-state index contributed by atoms with van der Waals surface area (Å²) in [6, 6.07) is -0.833. The molecule has 0 aliphatic rings. The van der Waals surface area contributed by atoms with Crippen LogP contribution in [0.15, 0.2) is 0 Å². The molecule has 0 aromatic rings. The first-order valence-corrected chi connectivity index (χ1v) is 1.65. The number of amides is 2. The molecule has 0 rings (SSSR count). The van der Waals surface area contributed by atoms with E-state index >= 15 is 0 Å². The lowest BCUT2D eigenvalue weighted by atomic mass is 10.3. The van der Waals surface area contributed by atoms with Crippen molar-refractivity contribution in [2.75, 3.05) is 0 Å². The summed E-state index contributed by atoms with van der Waals surface area (Å²) >= 11 is 0. The van der Waals surface area contributed by atoms with Crippen LogP contribution in [0.1, 0.15) is 0 Å². The molecule has 0 radical (unpaired) electrons. The summed E-state index contributed by atoms with van der Waals surface area (Å²) in [5.41, 5.74) is 8.50. The lowest BCUT2D eigenvalue weighted by molar-refractivity contribution is 0.256. The summed E-state index contributed by atoms with van der Waals surface area (Å²) in [4.78, 5) is 9.00. The smallest absolute Gasteiger partial charge is 0.418 e. The second kappa shape index (κ2) is 3.99. The van der Waals surface area contributed by atoms with E-state index in [1.807, 2.05) is 0 Å². The number of nitrogens with two attached hydrogens (primary N) is 2. The number of hydrogen-bond acceptors (Lipinski definition) is 1. The highest BCUT2D eigenvalue weighted by Crippen LogP contribution is 2.06. The topological polar surface area (TPSA) is 69.1 Å². The molecule has 0 atom stereocenters. The summed E-state index contributed by atoms with van der Waals surface area (Å²) < 4.78 is 39.0. The van der Waals surface area contributed by atoms with Gasteiger partial charge in [-0.2, -0.15) is 0 Å². The number of hydrogen-bond donors (Lipinski definition) is 2. The number of halogens is 4. The zero-order valence-electron chi connectivity index (χ0n) is 4.15. The van der Waals surface area contributed by atoms with Crippen LogP contribution in [0.4, 0.5) is 22.1 Å². The Morgan fingerprint density at radius 2 is 1.11 bits per heavy atom. The SMILES string of the molecule is F[B-](F)(F)F.NC(N)=O. The summed E-state index contributed by atoms with van der Waals surface area (Å²) in [6.07, 6.45) is 0. The fraction of sp³-hybridized carbons (Fsp3) is 0. The van der Waals surface area contributed by atoms with Crippen LogP contribution in [-0.4, -0.2) is 13.3 Å². The molecule has 0 spiro atoms. The Morgan fingerprint density at radius 1 is 1.11 bits per heavy atom. The number of urea groups is 1. The van der Waals surface area contributed by atoms with Crippen LogP contribution >= 0.6 is 0 Å². The highest BCUT2D eigenvalue weighted by Gasteiger charge is 2.20. The van der Waals surface area contributed by atoms with Gasteiger partial charge in [0.15, 0.2) is 0 Å². The van der Waals surface area contributed by atoms with E-state index in [9.17, 15) is 17.3 Å². The Morgan fingerprint density at radius 3 is 1.11 bits per heavy atom. The zero-order chi connectivity index (χ0) is 8.08. The quantitative estimate of drug-likeness (QED) is 0.376. The Balaban J connectivity index is 0. The third kappa shape index (κ3) is 202. The molecule has 0 heterocycles. The van der Waals surface area contributed by atoms with Gasteiger partial charge in [0.25, 0.3) is 0 Å². The third-order valence-electron chi connectivity index (χ3n) is 0. The monoisotopic (exact) mass is 147 g/mol. The molecular weight excluding hydrogens is 143 g/mol. The third-order valence-corrected chi connectivity index (χ3v) is 0. The van der Waals surface area contributed by atoms with Crippen LogP contribution < -0.4 is 11.5 Å². The van der Waals surface area contributed by atoms with Gasteiger partial charge in [0, 0.05) is 0 Å². The van der Waals surface area contributed by atoms with Crippen molar-refractivity contribution in [1.82, 2.24) is 0 Å². The number of rotatable bonds is 0. The molecule has 0 aliphatic carbocycles. The standard InChI is InChI=1S/CH4N2O.BF4/c2-1(3)4;2-1(3,4)5/h(H4,2,3,4);/q;-1. The van der Waals surface area contributed by atoms with Crippen molar-refractivity contribution in [1.29, 1.82) is 0 Å². The van der Waals surface area contributed by atoms with E-state index in [0.29, 0.717) is 0 Å². The van der Waals surface area contributed by atoms with E-state index in [0.717, 1.165) is 0 Å². The van der Waals surface area contributed by atoms with Crippen LogP contribution in [0.2, 0.25) is 0 Å². The van der Waals surface area contributed by atoms with E-state index in [1.54, 1.807) is 0 Å². The van der Waals surface area contributed by atoms with Crippen molar-refractivity contribution in [3.63, 3.8) is 0 Å². The van der Waals surface area contributed by atoms with E-state index in [4.69, 9.17) is 4.79 Å². The van der Waals surface area contributed by atoms with Gasteiger partial charge >= 0.3 is 13.3 Å². The Bertz CT molecular complexity index is 81.1. The predicted octanol–water partition coefficient (Wildman–Crippen LogP) is 0.324. The van der Waals surface area contributed by atoms with Gasteiger partial charge in [0.05, 0.1) is 0 Å². The number of primary amides is 2. The van der Waals surface area contributed by atoms with Crippen LogP contribution in [0.3, 0.4) is 0 Å². The maximum atomic E-state index is 9.75. The fourth-order valence-corrected chi connectivity index (χ4v) is 0. The van der Waals surface area contributed by atoms with Crippen molar-refractivity contribution in [2.45, 2.75) is 0 Å². The highest BCUT2D eigenvalue weighted by molar-refractivity contribution is 6.50. The molecule has 56 valence electrons. The first kappa shape index (κ1) is 10.9. The molecule has 0 unspecified atom stereocenters. The molecule has 0 aromatic carbocycles. The molecule has 8 heteroatoms. The van der Waals surface area contributed by atoms with Gasteiger partial charge in [-0.05, 0) is 0 Å². The molecule has 0 bridgehead atoms. The maximum Gasteiger partial charge on any atom is 0.673 e. The highest BCUT2D eigenvalue weighted by atomic mass is 19.5. The summed E-state index contributed by atoms with van der Waals surface area (Å²) in [6.45, 7) is 0. The minimum Gasteiger partial charge on any atom is -0.418 e. The minimum absolute atomic E-state index is 0.833. The van der Waals surface area contributed by atoms with Crippen molar-refractivity contribution < 1.29 is 22.1 Å². The summed E-state index contributed by atoms with van der Waals surface area (Å²) in [5.74, 6) is 0. The second-order valence-electron chi connectivity index (χ2n) is 0.897. The van der Waals surface area contributed by atoms with E-state index < -0.39 is 13.3 Å². The predicted molar refractivity (Wildman–Crippen MR) is 24.0 cm³/mol. The summed E-state index contributed by atoms with van der Waals surface area (Å²) in [5, 5.41) is 0. The molecule has 4 N–H and O–H groups in total. The molecular formula is CH4BF4N2O-. The van der Waals surface area contributed by atoms with E-state index in [1.165, 1.54) is 0 Å². The maximum absolute atomic E-state index is 9.75. The van der Waals surface area contributed by atoms with Crippen molar-refractivity contribution in [3.05, 3.63) is 0 Å². The fourth-order valence-electron chi connectivity index (χ4n) is 0. The van der Waals surface area contributed by atoms with Crippen LogP contribution in [0.5, 0.6) is 0 Å². The molecule has 9 heavy (non-hydrogen) atoms. The Labute approximate surface area is 48.1 Å². The average Bonchev–Trinajstić information content (AvgIpc) is 1.19. The van der Waals surface area contributed by atoms with Crippen LogP contribution in [0, 0.1) is 0 Å². The molecule has 0 saturated heterocycles. The van der Waals surface area contributed by atoms with E-state index in [-0.39, 0.29) is 0 Å². The van der Waals surface area contributed by atoms with Gasteiger partial charge in [-0.25, -0.2) is 4.79 Å². The van der Waals surface area contributed by atoms with Crippen LogP contribution in [0.25, 0.3) is 0 Å². The van der Waals surface area contributed by atoms with Crippen LogP contribution in [-0.2, 0) is 0 Å². The molecule has 0 aliphatic heterocycles. The lowest BCUT2D eigenvalue weighted by Crippen LogP contribution is -2.18. The van der Waals surface area contributed by atoms with Gasteiger partial charge in [-0.3, -0.25) is 0 Å². The largest absolute Gasteiger partial charge is 0.673 e. The normalized spacial score (nSPS) is 9.33. The van der Waals surface area contributed by atoms with Crippen molar-refractivity contribution in [2.24, 2.45) is 11.5 Å². The zero-order valence-corrected chi connectivity index (χ0v) is 4.15. The molecule has 0 fully saturated rings. The van der Waals surface area contributed by atoms with Gasteiger partial charge in [-0.1, -0.05) is 0 Å². The lowest BCUT2D eigenvalue weighted by Gasteiger charge is -1.94. The van der Waals surface area contributed by atoms with Gasteiger partial charge in [0.2, 0.25) is 0 Å². The summed E-state index contributed by atoms with van der Waals surface area (Å²) in [7, 11) is -6.00. The first-order valence-electron chi connectivity index (χ1n) is 1.65. The second-order valence-corrected chi connectivity index (χ2v) is 0.897. The molecule has 0 saturated carbocycles. The van der Waals surface area contributed by atoms with E-state index in [2.05, 4.69) is 11.5 Å². The molecule has 0 aromatic heterocycles. The minimum atomic E-state index is -6.00. The van der Waals surface area contributed by atoms with Crippen molar-refractivity contribution >= 4 is 13.3 Å². The van der Waals surface area contributed by atoms with Gasteiger partial charge < -0.3 is 28.7 Å². The Hall–Kier alpha value is -0.945. The van der Waals surface area contributed by atoms with Crippen molar-refractivity contribution in [3.8, 4) is 0 Å². The average molecular weight is 147 g/mol. The van der Waals surface area contributed by atoms with Gasteiger partial charge in [0.1, 0.15) is 0 Å². The Kier molecular flexibility index (Phi) is 4.84. The number of carbonyl (C=O) groups excluding carboxylic acids is 1.